The summed E-state index contributed by atoms with van der Waals surface area (Å²) in [6.07, 6.45) is -0.282. The molecule has 0 radical (unpaired) electrons. The number of hydrogen-bond donors (Lipinski definition) is 5. The van der Waals surface area contributed by atoms with Gasteiger partial charge in [-0.3, -0.25) is 30.0 Å². The summed E-state index contributed by atoms with van der Waals surface area (Å²) in [6, 6.07) is 15.4. The van der Waals surface area contributed by atoms with Gasteiger partial charge in [-0.15, -0.1) is 0 Å². The summed E-state index contributed by atoms with van der Waals surface area (Å²) in [7, 11) is 0. The monoisotopic (exact) mass is 595 g/mol. The van der Waals surface area contributed by atoms with Crippen molar-refractivity contribution in [3.63, 3.8) is 0 Å². The van der Waals surface area contributed by atoms with Crippen LogP contribution in [-0.4, -0.2) is 51.9 Å². The van der Waals surface area contributed by atoms with Crippen LogP contribution in [0, 0.1) is 8.98 Å². The second-order valence-electron chi connectivity index (χ2n) is 8.05. The molecular formula is C24H30IN5O5. The molecule has 188 valence electrons. The number of nitrogens with zero attached hydrogens (tertiary/aromatic N) is 1. The van der Waals surface area contributed by atoms with E-state index in [0.29, 0.717) is 12.3 Å². The Morgan fingerprint density at radius 2 is 1.89 bits per heavy atom. The quantitative estimate of drug-likeness (QED) is 0.0770. The van der Waals surface area contributed by atoms with E-state index >= 15 is 0 Å². The highest BCUT2D eigenvalue weighted by Gasteiger charge is 2.37. The van der Waals surface area contributed by atoms with Crippen molar-refractivity contribution < 1.29 is 24.2 Å². The number of ketones is 1. The number of nitrogens with two attached hydrogens (primary N) is 2. The molecule has 0 aliphatic heterocycles. The predicted molar refractivity (Wildman–Crippen MR) is 140 cm³/mol. The first-order valence-corrected chi connectivity index (χ1v) is 12.0. The first-order valence-electron chi connectivity index (χ1n) is 10.9. The number of amides is 1. The molecular weight excluding hydrogens is 565 g/mol. The third-order valence-corrected chi connectivity index (χ3v) is 5.90. The maximum atomic E-state index is 13.3. The molecule has 0 aliphatic rings. The smallest absolute Gasteiger partial charge is 0.320 e. The Morgan fingerprint density at radius 1 is 1.20 bits per heavy atom. The summed E-state index contributed by atoms with van der Waals surface area (Å²) in [5.74, 6) is -2.49. The lowest BCUT2D eigenvalue weighted by Gasteiger charge is -2.31. The van der Waals surface area contributed by atoms with Gasteiger partial charge >= 0.3 is 5.97 Å². The summed E-state index contributed by atoms with van der Waals surface area (Å²) >= 11 is 2.20. The van der Waals surface area contributed by atoms with Crippen molar-refractivity contribution in [1.82, 2.24) is 10.2 Å². The molecule has 2 aromatic carbocycles. The number of para-hydroxylation sites is 1. The molecule has 0 aliphatic carbocycles. The summed E-state index contributed by atoms with van der Waals surface area (Å²) in [5, 5.41) is 19.7. The van der Waals surface area contributed by atoms with Crippen LogP contribution in [0.25, 0.3) is 0 Å². The molecule has 2 rings (SSSR count). The Bertz CT molecular complexity index is 1050. The average Bonchev–Trinajstić information content (AvgIpc) is 2.80. The van der Waals surface area contributed by atoms with Gasteiger partial charge in [0, 0.05) is 16.7 Å². The van der Waals surface area contributed by atoms with Crippen molar-refractivity contribution in [2.75, 3.05) is 6.54 Å². The van der Waals surface area contributed by atoms with Crippen LogP contribution in [0.1, 0.15) is 31.7 Å². The fourth-order valence-corrected chi connectivity index (χ4v) is 3.81. The number of hydrogen-bond acceptors (Lipinski definition) is 7. The lowest BCUT2D eigenvalue weighted by Crippen LogP contribution is -2.55. The highest BCUT2D eigenvalue weighted by molar-refractivity contribution is 14.1. The normalized spacial score (nSPS) is 13.3. The standard InChI is InChI=1S/C24H30IN5O5/c1-24(35-18-9-3-2-4-10-18,29-15-16-7-5-8-17(25)13-16)20(31)14-21(32)30(23(27)28)12-6-11-19(26)22(33)34/h2-5,7-10,13,19,29H,6,11-12,14-15,26H2,1H3,(H3,27,28)(H,33,34). The SMILES string of the molecule is CC(NCc1cccc(I)c1)(Oc1ccccc1)C(=O)CC(=O)N(CCCC(N)C(=O)O)C(=N)N. The highest BCUT2D eigenvalue weighted by Crippen LogP contribution is 2.20. The Kier molecular flexibility index (Phi) is 10.6. The summed E-state index contributed by atoms with van der Waals surface area (Å²) in [6.45, 7) is 1.83. The average molecular weight is 595 g/mol. The molecule has 1 amide bonds. The third-order valence-electron chi connectivity index (χ3n) is 5.23. The molecule has 11 heteroatoms. The number of carboxylic acids is 1. The van der Waals surface area contributed by atoms with Gasteiger partial charge in [-0.05, 0) is 72.2 Å². The van der Waals surface area contributed by atoms with Crippen LogP contribution in [-0.2, 0) is 20.9 Å². The van der Waals surface area contributed by atoms with Crippen molar-refractivity contribution in [3.8, 4) is 5.75 Å². The van der Waals surface area contributed by atoms with Crippen molar-refractivity contribution in [2.45, 2.75) is 44.5 Å². The van der Waals surface area contributed by atoms with E-state index in [0.717, 1.165) is 14.0 Å². The van der Waals surface area contributed by atoms with Crippen molar-refractivity contribution in [1.29, 1.82) is 5.41 Å². The second-order valence-corrected chi connectivity index (χ2v) is 9.29. The maximum absolute atomic E-state index is 13.3. The van der Waals surface area contributed by atoms with Gasteiger partial charge in [0.05, 0.1) is 6.42 Å². The van der Waals surface area contributed by atoms with E-state index in [2.05, 4.69) is 27.9 Å². The molecule has 2 aromatic rings. The largest absolute Gasteiger partial charge is 0.480 e. The number of benzene rings is 2. The van der Waals surface area contributed by atoms with Gasteiger partial charge in [0.1, 0.15) is 11.8 Å². The van der Waals surface area contributed by atoms with Gasteiger partial charge in [-0.25, -0.2) is 0 Å². The molecule has 0 spiro atoms. The first-order chi connectivity index (χ1) is 16.5. The number of carboxylic acid groups (broad SMARTS) is 1. The van der Waals surface area contributed by atoms with E-state index in [-0.39, 0.29) is 19.4 Å². The van der Waals surface area contributed by atoms with Gasteiger partial charge in [0.15, 0.2) is 5.96 Å². The molecule has 0 bridgehead atoms. The van der Waals surface area contributed by atoms with Crippen molar-refractivity contribution in [3.05, 3.63) is 63.7 Å². The molecule has 2 atom stereocenters. The number of aliphatic carboxylic acids is 1. The fraction of sp³-hybridized carbons (Fsp3) is 0.333. The van der Waals surface area contributed by atoms with Crippen LogP contribution >= 0.6 is 22.6 Å². The van der Waals surface area contributed by atoms with Gasteiger partial charge < -0.3 is 21.3 Å². The fourth-order valence-electron chi connectivity index (χ4n) is 3.21. The minimum atomic E-state index is -1.55. The van der Waals surface area contributed by atoms with Crippen molar-refractivity contribution >= 4 is 46.2 Å². The van der Waals surface area contributed by atoms with Crippen LogP contribution < -0.4 is 21.5 Å². The molecule has 7 N–H and O–H groups in total. The van der Waals surface area contributed by atoms with Gasteiger partial charge in [-0.1, -0.05) is 30.3 Å². The molecule has 0 fully saturated rings. The van der Waals surface area contributed by atoms with Gasteiger partial charge in [0.25, 0.3) is 0 Å². The predicted octanol–water partition coefficient (Wildman–Crippen LogP) is 2.05. The number of rotatable bonds is 13. The van der Waals surface area contributed by atoms with Crippen molar-refractivity contribution in [2.24, 2.45) is 11.5 Å². The summed E-state index contributed by atoms with van der Waals surface area (Å²) in [5.41, 5.74) is 10.4. The second kappa shape index (κ2) is 13.2. The zero-order chi connectivity index (χ0) is 26.0. The minimum absolute atomic E-state index is 0.0332. The van der Waals surface area contributed by atoms with Crippen LogP contribution in [0.2, 0.25) is 0 Å². The maximum Gasteiger partial charge on any atom is 0.320 e. The molecule has 35 heavy (non-hydrogen) atoms. The van der Waals surface area contributed by atoms with Gasteiger partial charge in [-0.2, -0.15) is 0 Å². The molecule has 2 unspecified atom stereocenters. The Balaban J connectivity index is 2.14. The van der Waals surface area contributed by atoms with Crippen LogP contribution in [0.4, 0.5) is 0 Å². The van der Waals surface area contributed by atoms with E-state index in [1.807, 2.05) is 30.3 Å². The van der Waals surface area contributed by atoms with Gasteiger partial charge in [0.2, 0.25) is 17.4 Å². The number of ether oxygens (including phenoxy) is 1. The Labute approximate surface area is 217 Å². The van der Waals surface area contributed by atoms with Crippen LogP contribution in [0.5, 0.6) is 5.75 Å². The Hall–Kier alpha value is -3.03. The number of nitrogens with one attached hydrogen (secondary N) is 2. The van der Waals surface area contributed by atoms with Crippen LogP contribution in [0.15, 0.2) is 54.6 Å². The number of halogens is 1. The molecule has 0 saturated carbocycles. The third kappa shape index (κ3) is 8.92. The summed E-state index contributed by atoms with van der Waals surface area (Å²) < 4.78 is 7.03. The van der Waals surface area contributed by atoms with E-state index in [1.165, 1.54) is 0 Å². The topological polar surface area (TPSA) is 172 Å². The minimum Gasteiger partial charge on any atom is -0.480 e. The lowest BCUT2D eigenvalue weighted by atomic mass is 10.0. The summed E-state index contributed by atoms with van der Waals surface area (Å²) in [4.78, 5) is 38.0. The number of Topliss-reactive ketones (excluding diaryl/α,β-unsaturated/α-hetero) is 1. The zero-order valence-corrected chi connectivity index (χ0v) is 21.5. The molecule has 10 nitrogen and oxygen atoms in total. The van der Waals surface area contributed by atoms with E-state index < -0.39 is 41.8 Å². The van der Waals surface area contributed by atoms with Crippen LogP contribution in [0.3, 0.4) is 0 Å². The Morgan fingerprint density at radius 3 is 2.49 bits per heavy atom. The van der Waals surface area contributed by atoms with E-state index in [1.54, 1.807) is 31.2 Å². The lowest BCUT2D eigenvalue weighted by molar-refractivity contribution is -0.142. The molecule has 0 saturated heterocycles. The van der Waals surface area contributed by atoms with E-state index in [4.69, 9.17) is 26.7 Å². The zero-order valence-electron chi connectivity index (χ0n) is 19.4. The van der Waals surface area contributed by atoms with E-state index in [9.17, 15) is 14.4 Å². The molecule has 0 heterocycles. The number of guanidine groups is 1. The molecule has 0 aromatic heterocycles. The highest BCUT2D eigenvalue weighted by atomic mass is 127. The number of carbonyl (C=O) groups is 3. The first kappa shape index (κ1) is 28.2. The number of carbonyl (C=O) groups excluding carboxylic acids is 2.